The number of hydrogen-bond donors (Lipinski definition) is 1. The standard InChI is InChI=1S/C9H17NO3S/c1-4-6-8(7-5-2)9(10)13-14(3,11)12/h4-5,8-9H,1-2,6-7,10H2,3H3. The van der Waals surface area contributed by atoms with Gasteiger partial charge in [-0.05, 0) is 12.8 Å². The lowest BCUT2D eigenvalue weighted by molar-refractivity contribution is 0.150. The van der Waals surface area contributed by atoms with Gasteiger partial charge in [-0.25, -0.2) is 0 Å². The second-order valence-corrected chi connectivity index (χ2v) is 4.67. The summed E-state index contributed by atoms with van der Waals surface area (Å²) in [4.78, 5) is 0. The summed E-state index contributed by atoms with van der Waals surface area (Å²) in [5.41, 5.74) is 5.58. The maximum Gasteiger partial charge on any atom is 0.265 e. The van der Waals surface area contributed by atoms with E-state index in [9.17, 15) is 8.42 Å². The lowest BCUT2D eigenvalue weighted by atomic mass is 10.0. The third kappa shape index (κ3) is 5.90. The van der Waals surface area contributed by atoms with Gasteiger partial charge in [0.2, 0.25) is 0 Å². The molecule has 0 radical (unpaired) electrons. The molecule has 0 spiro atoms. The van der Waals surface area contributed by atoms with Crippen LogP contribution < -0.4 is 5.73 Å². The van der Waals surface area contributed by atoms with Crippen molar-refractivity contribution >= 4 is 10.1 Å². The summed E-state index contributed by atoms with van der Waals surface area (Å²) in [5.74, 6) is -0.0975. The number of rotatable bonds is 7. The number of nitrogens with two attached hydrogens (primary N) is 1. The summed E-state index contributed by atoms with van der Waals surface area (Å²) in [6, 6.07) is 0. The highest BCUT2D eigenvalue weighted by molar-refractivity contribution is 7.86. The Hall–Kier alpha value is -0.650. The normalized spacial score (nSPS) is 13.9. The van der Waals surface area contributed by atoms with E-state index in [4.69, 9.17) is 5.73 Å². The lowest BCUT2D eigenvalue weighted by Crippen LogP contribution is -2.34. The zero-order valence-electron chi connectivity index (χ0n) is 8.35. The molecule has 1 unspecified atom stereocenters. The quantitative estimate of drug-likeness (QED) is 0.394. The fraction of sp³-hybridized carbons (Fsp3) is 0.556. The van der Waals surface area contributed by atoms with E-state index in [1.807, 2.05) is 0 Å². The van der Waals surface area contributed by atoms with Gasteiger partial charge in [0.25, 0.3) is 10.1 Å². The van der Waals surface area contributed by atoms with Gasteiger partial charge in [0, 0.05) is 5.92 Å². The van der Waals surface area contributed by atoms with E-state index in [0.717, 1.165) is 6.26 Å². The van der Waals surface area contributed by atoms with Crippen LogP contribution in [0.3, 0.4) is 0 Å². The summed E-state index contributed by atoms with van der Waals surface area (Å²) >= 11 is 0. The molecule has 0 amide bonds. The number of hydrogen-bond acceptors (Lipinski definition) is 4. The first kappa shape index (κ1) is 13.4. The minimum atomic E-state index is -3.50. The average Bonchev–Trinajstić information content (AvgIpc) is 2.01. The molecule has 0 saturated carbocycles. The monoisotopic (exact) mass is 219 g/mol. The SMILES string of the molecule is C=CCC(CC=C)C(N)OS(C)(=O)=O. The average molecular weight is 219 g/mol. The Morgan fingerprint density at radius 3 is 2.07 bits per heavy atom. The number of allylic oxidation sites excluding steroid dienone is 2. The topological polar surface area (TPSA) is 69.4 Å². The molecule has 0 aliphatic heterocycles. The van der Waals surface area contributed by atoms with Gasteiger partial charge >= 0.3 is 0 Å². The van der Waals surface area contributed by atoms with Crippen LogP contribution in [0.4, 0.5) is 0 Å². The lowest BCUT2D eigenvalue weighted by Gasteiger charge is -2.20. The van der Waals surface area contributed by atoms with Crippen LogP contribution >= 0.6 is 0 Å². The molecular formula is C9H17NO3S. The van der Waals surface area contributed by atoms with Crippen LogP contribution in [0.2, 0.25) is 0 Å². The van der Waals surface area contributed by atoms with Crippen molar-refractivity contribution in [1.29, 1.82) is 0 Å². The van der Waals surface area contributed by atoms with Crippen LogP contribution in [-0.4, -0.2) is 20.9 Å². The van der Waals surface area contributed by atoms with Crippen molar-refractivity contribution in [2.24, 2.45) is 11.7 Å². The third-order valence-corrected chi connectivity index (χ3v) is 2.26. The predicted molar refractivity (Wildman–Crippen MR) is 57.0 cm³/mol. The molecule has 0 aliphatic carbocycles. The van der Waals surface area contributed by atoms with Crippen LogP contribution in [-0.2, 0) is 14.3 Å². The molecule has 0 saturated heterocycles. The summed E-state index contributed by atoms with van der Waals surface area (Å²) in [5, 5.41) is 0. The first-order valence-corrected chi connectivity index (χ1v) is 6.08. The van der Waals surface area contributed by atoms with Crippen molar-refractivity contribution < 1.29 is 12.6 Å². The Balaban J connectivity index is 4.34. The van der Waals surface area contributed by atoms with Gasteiger partial charge in [0.15, 0.2) is 0 Å². The van der Waals surface area contributed by atoms with Gasteiger partial charge in [0.05, 0.1) is 6.26 Å². The van der Waals surface area contributed by atoms with E-state index in [1.54, 1.807) is 12.2 Å². The van der Waals surface area contributed by atoms with Gasteiger partial charge in [-0.15, -0.1) is 13.2 Å². The Labute approximate surface area is 85.6 Å². The molecule has 0 heterocycles. The largest absolute Gasteiger partial charge is 0.305 e. The highest BCUT2D eigenvalue weighted by atomic mass is 32.2. The smallest absolute Gasteiger partial charge is 0.265 e. The van der Waals surface area contributed by atoms with E-state index in [-0.39, 0.29) is 5.92 Å². The highest BCUT2D eigenvalue weighted by Crippen LogP contribution is 2.15. The van der Waals surface area contributed by atoms with Gasteiger partial charge in [-0.1, -0.05) is 12.2 Å². The van der Waals surface area contributed by atoms with Crippen molar-refractivity contribution in [3.63, 3.8) is 0 Å². The van der Waals surface area contributed by atoms with Crippen LogP contribution in [0, 0.1) is 5.92 Å². The molecule has 0 aliphatic rings. The van der Waals surface area contributed by atoms with Crippen LogP contribution in [0.25, 0.3) is 0 Å². The van der Waals surface area contributed by atoms with Gasteiger partial charge in [0.1, 0.15) is 6.23 Å². The van der Waals surface area contributed by atoms with Crippen molar-refractivity contribution in [2.45, 2.75) is 19.1 Å². The Kier molecular flexibility index (Phi) is 5.68. The maximum atomic E-state index is 10.8. The summed E-state index contributed by atoms with van der Waals surface area (Å²) < 4.78 is 26.3. The van der Waals surface area contributed by atoms with E-state index < -0.39 is 16.3 Å². The fourth-order valence-electron chi connectivity index (χ4n) is 1.07. The molecule has 1 atom stereocenters. The van der Waals surface area contributed by atoms with E-state index in [1.165, 1.54) is 0 Å². The second-order valence-electron chi connectivity index (χ2n) is 3.07. The molecule has 4 nitrogen and oxygen atoms in total. The van der Waals surface area contributed by atoms with Crippen molar-refractivity contribution in [3.05, 3.63) is 25.3 Å². The molecular weight excluding hydrogens is 202 g/mol. The van der Waals surface area contributed by atoms with Crippen molar-refractivity contribution in [3.8, 4) is 0 Å². The van der Waals surface area contributed by atoms with E-state index in [0.29, 0.717) is 12.8 Å². The molecule has 0 aromatic rings. The maximum absolute atomic E-state index is 10.8. The Morgan fingerprint density at radius 1 is 1.36 bits per heavy atom. The molecule has 5 heteroatoms. The van der Waals surface area contributed by atoms with Gasteiger partial charge in [-0.2, -0.15) is 8.42 Å². The molecule has 14 heavy (non-hydrogen) atoms. The van der Waals surface area contributed by atoms with Crippen LogP contribution in [0.5, 0.6) is 0 Å². The summed E-state index contributed by atoms with van der Waals surface area (Å²) in [6.07, 6.45) is 4.71. The Bertz CT molecular complexity index is 274. The zero-order chi connectivity index (χ0) is 11.2. The zero-order valence-corrected chi connectivity index (χ0v) is 9.16. The molecule has 2 N–H and O–H groups in total. The molecule has 0 fully saturated rings. The minimum Gasteiger partial charge on any atom is -0.305 e. The summed E-state index contributed by atoms with van der Waals surface area (Å²) in [7, 11) is -3.50. The minimum absolute atomic E-state index is 0.0975. The Morgan fingerprint density at radius 2 is 1.79 bits per heavy atom. The van der Waals surface area contributed by atoms with Crippen LogP contribution in [0.15, 0.2) is 25.3 Å². The van der Waals surface area contributed by atoms with Crippen molar-refractivity contribution in [2.75, 3.05) is 6.26 Å². The van der Waals surface area contributed by atoms with Gasteiger partial charge < -0.3 is 5.73 Å². The molecule has 0 aromatic heterocycles. The molecule has 0 bridgehead atoms. The van der Waals surface area contributed by atoms with E-state index >= 15 is 0 Å². The first-order chi connectivity index (χ1) is 6.40. The fourth-order valence-corrected chi connectivity index (χ4v) is 1.63. The predicted octanol–water partition coefficient (Wildman–Crippen LogP) is 1.02. The van der Waals surface area contributed by atoms with Crippen LogP contribution in [0.1, 0.15) is 12.8 Å². The van der Waals surface area contributed by atoms with E-state index in [2.05, 4.69) is 17.3 Å². The summed E-state index contributed by atoms with van der Waals surface area (Å²) in [6.45, 7) is 7.13. The first-order valence-electron chi connectivity index (χ1n) is 4.26. The molecule has 0 rings (SSSR count). The highest BCUT2D eigenvalue weighted by Gasteiger charge is 2.19. The molecule has 82 valence electrons. The third-order valence-electron chi connectivity index (χ3n) is 1.69. The van der Waals surface area contributed by atoms with Gasteiger partial charge in [-0.3, -0.25) is 4.18 Å². The van der Waals surface area contributed by atoms with Crippen molar-refractivity contribution in [1.82, 2.24) is 0 Å². The second kappa shape index (κ2) is 5.95. The molecule has 0 aromatic carbocycles.